The molecule has 1 aliphatic heterocycles. The van der Waals surface area contributed by atoms with Crippen LogP contribution in [0, 0.1) is 0 Å². The molecule has 1 heterocycles. The van der Waals surface area contributed by atoms with Crippen molar-refractivity contribution in [1.29, 1.82) is 0 Å². The number of hydrogen-bond donors (Lipinski definition) is 1. The summed E-state index contributed by atoms with van der Waals surface area (Å²) < 4.78 is 0. The van der Waals surface area contributed by atoms with Gasteiger partial charge in [-0.3, -0.25) is 4.79 Å². The third-order valence-corrected chi connectivity index (χ3v) is 3.80. The van der Waals surface area contributed by atoms with E-state index in [1.807, 2.05) is 7.05 Å². The van der Waals surface area contributed by atoms with E-state index < -0.39 is 0 Å². The number of likely N-dealkylation sites (N-methyl/N-ethyl adjacent to an activating group) is 1. The summed E-state index contributed by atoms with van der Waals surface area (Å²) in [5.74, 6) is 0.187. The van der Waals surface area contributed by atoms with Crippen LogP contribution in [0.2, 0.25) is 0 Å². The van der Waals surface area contributed by atoms with Crippen molar-refractivity contribution in [3.8, 4) is 0 Å². The quantitative estimate of drug-likeness (QED) is 0.902. The lowest BCUT2D eigenvalue weighted by atomic mass is 10.1. The SMILES string of the molecule is CC[C@H](N)c1ccc(N2CCCN(C)C(=O)C2)cc1. The molecule has 1 aromatic carbocycles. The van der Waals surface area contributed by atoms with Crippen LogP contribution in [0.5, 0.6) is 0 Å². The molecular weight excluding hydrogens is 238 g/mol. The lowest BCUT2D eigenvalue weighted by molar-refractivity contribution is -0.127. The van der Waals surface area contributed by atoms with E-state index in [0.29, 0.717) is 6.54 Å². The van der Waals surface area contributed by atoms with Crippen molar-refractivity contribution in [1.82, 2.24) is 4.90 Å². The lowest BCUT2D eigenvalue weighted by Gasteiger charge is -2.22. The number of carbonyl (C=O) groups is 1. The first-order valence-corrected chi connectivity index (χ1v) is 6.96. The number of benzene rings is 1. The largest absolute Gasteiger partial charge is 0.362 e. The van der Waals surface area contributed by atoms with Gasteiger partial charge in [0, 0.05) is 31.9 Å². The van der Waals surface area contributed by atoms with Gasteiger partial charge >= 0.3 is 0 Å². The minimum absolute atomic E-state index is 0.103. The average Bonchev–Trinajstić information content (AvgIpc) is 2.60. The Bertz CT molecular complexity index is 430. The molecule has 1 amide bonds. The van der Waals surface area contributed by atoms with Crippen LogP contribution >= 0.6 is 0 Å². The highest BCUT2D eigenvalue weighted by Gasteiger charge is 2.19. The fraction of sp³-hybridized carbons (Fsp3) is 0.533. The highest BCUT2D eigenvalue weighted by atomic mass is 16.2. The normalized spacial score (nSPS) is 18.4. The summed E-state index contributed by atoms with van der Waals surface area (Å²) in [6.45, 7) is 4.32. The van der Waals surface area contributed by atoms with Gasteiger partial charge in [-0.2, -0.15) is 0 Å². The van der Waals surface area contributed by atoms with Gasteiger partial charge in [-0.25, -0.2) is 0 Å². The molecule has 19 heavy (non-hydrogen) atoms. The first-order valence-electron chi connectivity index (χ1n) is 6.96. The predicted molar refractivity (Wildman–Crippen MR) is 78.1 cm³/mol. The van der Waals surface area contributed by atoms with Crippen LogP contribution in [0.3, 0.4) is 0 Å². The maximum Gasteiger partial charge on any atom is 0.241 e. The second kappa shape index (κ2) is 6.06. The highest BCUT2D eigenvalue weighted by molar-refractivity contribution is 5.81. The van der Waals surface area contributed by atoms with E-state index >= 15 is 0 Å². The molecule has 104 valence electrons. The smallest absolute Gasteiger partial charge is 0.241 e. The molecule has 1 saturated heterocycles. The molecule has 1 atom stereocenters. The van der Waals surface area contributed by atoms with Crippen molar-refractivity contribution in [3.63, 3.8) is 0 Å². The highest BCUT2D eigenvalue weighted by Crippen LogP contribution is 2.21. The third kappa shape index (κ3) is 3.26. The fourth-order valence-electron chi connectivity index (χ4n) is 2.37. The molecule has 2 rings (SSSR count). The van der Waals surface area contributed by atoms with E-state index in [1.165, 1.54) is 0 Å². The Hall–Kier alpha value is -1.55. The van der Waals surface area contributed by atoms with Crippen LogP contribution in [0.25, 0.3) is 0 Å². The molecule has 0 spiro atoms. The van der Waals surface area contributed by atoms with Crippen LogP contribution in [0.15, 0.2) is 24.3 Å². The molecule has 4 heteroatoms. The number of anilines is 1. The Labute approximate surface area is 115 Å². The Morgan fingerprint density at radius 1 is 1.26 bits per heavy atom. The Morgan fingerprint density at radius 2 is 1.95 bits per heavy atom. The van der Waals surface area contributed by atoms with Gasteiger partial charge in [0.15, 0.2) is 0 Å². The van der Waals surface area contributed by atoms with Crippen LogP contribution < -0.4 is 10.6 Å². The molecule has 2 N–H and O–H groups in total. The number of nitrogens with zero attached hydrogens (tertiary/aromatic N) is 2. The van der Waals surface area contributed by atoms with Gasteiger partial charge < -0.3 is 15.5 Å². The molecule has 4 nitrogen and oxygen atoms in total. The van der Waals surface area contributed by atoms with Crippen molar-refractivity contribution in [2.45, 2.75) is 25.8 Å². The third-order valence-electron chi connectivity index (χ3n) is 3.80. The van der Waals surface area contributed by atoms with Gasteiger partial charge in [0.05, 0.1) is 6.54 Å². The van der Waals surface area contributed by atoms with E-state index in [1.54, 1.807) is 4.90 Å². The van der Waals surface area contributed by atoms with Crippen molar-refractivity contribution in [2.75, 3.05) is 31.6 Å². The van der Waals surface area contributed by atoms with E-state index in [-0.39, 0.29) is 11.9 Å². The zero-order valence-electron chi connectivity index (χ0n) is 11.8. The van der Waals surface area contributed by atoms with Gasteiger partial charge in [-0.1, -0.05) is 19.1 Å². The summed E-state index contributed by atoms with van der Waals surface area (Å²) in [5, 5.41) is 0. The monoisotopic (exact) mass is 261 g/mol. The lowest BCUT2D eigenvalue weighted by Crippen LogP contribution is -2.34. The van der Waals surface area contributed by atoms with E-state index in [4.69, 9.17) is 5.73 Å². The summed E-state index contributed by atoms with van der Waals surface area (Å²) in [4.78, 5) is 15.8. The van der Waals surface area contributed by atoms with E-state index in [9.17, 15) is 4.79 Å². The second-order valence-corrected chi connectivity index (χ2v) is 5.20. The second-order valence-electron chi connectivity index (χ2n) is 5.20. The minimum atomic E-state index is 0.103. The van der Waals surface area contributed by atoms with Crippen molar-refractivity contribution >= 4 is 11.6 Å². The first-order chi connectivity index (χ1) is 9.11. The van der Waals surface area contributed by atoms with Crippen LogP contribution in [0.1, 0.15) is 31.4 Å². The Kier molecular flexibility index (Phi) is 4.43. The maximum atomic E-state index is 11.9. The molecular formula is C15H23N3O. The number of carbonyl (C=O) groups excluding carboxylic acids is 1. The predicted octanol–water partition coefficient (Wildman–Crippen LogP) is 1.76. The van der Waals surface area contributed by atoms with Crippen LogP contribution in [0.4, 0.5) is 5.69 Å². The number of nitrogens with two attached hydrogens (primary N) is 1. The Balaban J connectivity index is 2.11. The molecule has 1 aliphatic rings. The summed E-state index contributed by atoms with van der Waals surface area (Å²) >= 11 is 0. The molecule has 1 aromatic rings. The number of rotatable bonds is 3. The zero-order chi connectivity index (χ0) is 13.8. The van der Waals surface area contributed by atoms with Crippen LogP contribution in [-0.4, -0.2) is 37.5 Å². The summed E-state index contributed by atoms with van der Waals surface area (Å²) in [6, 6.07) is 8.39. The topological polar surface area (TPSA) is 49.6 Å². The molecule has 1 fully saturated rings. The van der Waals surface area contributed by atoms with Gasteiger partial charge in [-0.05, 0) is 30.5 Å². The van der Waals surface area contributed by atoms with Crippen LogP contribution in [-0.2, 0) is 4.79 Å². The number of hydrogen-bond acceptors (Lipinski definition) is 3. The molecule has 0 unspecified atom stereocenters. The van der Waals surface area contributed by atoms with E-state index in [0.717, 1.165) is 37.2 Å². The van der Waals surface area contributed by atoms with Gasteiger partial charge in [-0.15, -0.1) is 0 Å². The number of amides is 1. The summed E-state index contributed by atoms with van der Waals surface area (Å²) in [5.41, 5.74) is 8.28. The van der Waals surface area contributed by atoms with Crippen molar-refractivity contribution < 1.29 is 4.79 Å². The Morgan fingerprint density at radius 3 is 2.58 bits per heavy atom. The van der Waals surface area contributed by atoms with Gasteiger partial charge in [0.1, 0.15) is 0 Å². The first kappa shape index (κ1) is 13.9. The molecule has 0 aliphatic carbocycles. The van der Waals surface area contributed by atoms with E-state index in [2.05, 4.69) is 36.1 Å². The van der Waals surface area contributed by atoms with Gasteiger partial charge in [0.25, 0.3) is 0 Å². The van der Waals surface area contributed by atoms with Crippen molar-refractivity contribution in [2.24, 2.45) is 5.73 Å². The molecule has 0 saturated carbocycles. The fourth-order valence-corrected chi connectivity index (χ4v) is 2.37. The summed E-state index contributed by atoms with van der Waals surface area (Å²) in [7, 11) is 1.87. The minimum Gasteiger partial charge on any atom is -0.362 e. The maximum absolute atomic E-state index is 11.9. The summed E-state index contributed by atoms with van der Waals surface area (Å²) in [6.07, 6.45) is 1.95. The molecule has 0 bridgehead atoms. The zero-order valence-corrected chi connectivity index (χ0v) is 11.8. The average molecular weight is 261 g/mol. The molecule has 0 aromatic heterocycles. The van der Waals surface area contributed by atoms with Gasteiger partial charge in [0.2, 0.25) is 5.91 Å². The molecule has 0 radical (unpaired) electrons. The van der Waals surface area contributed by atoms with Crippen molar-refractivity contribution in [3.05, 3.63) is 29.8 Å². The standard InChI is InChI=1S/C15H23N3O/c1-3-14(16)12-5-7-13(8-6-12)18-10-4-9-17(2)15(19)11-18/h5-8,14H,3-4,9-11,16H2,1-2H3/t14-/m0/s1.